The highest BCUT2D eigenvalue weighted by Gasteiger charge is 2.41. The summed E-state index contributed by atoms with van der Waals surface area (Å²) in [6, 6.07) is -1.47. The van der Waals surface area contributed by atoms with Gasteiger partial charge < -0.3 is 26.7 Å². The zero-order chi connectivity index (χ0) is 46.6. The predicted molar refractivity (Wildman–Crippen MR) is 263 cm³/mol. The number of nitrogens with two attached hydrogens (primary N) is 3. The largest absolute Gasteiger partial charge is 0.453 e. The number of ether oxygens (including phenoxy) is 2. The Bertz CT molecular complexity index is 1810. The summed E-state index contributed by atoms with van der Waals surface area (Å²) < 4.78 is 11.3. The van der Waals surface area contributed by atoms with Gasteiger partial charge in [0.25, 0.3) is 0 Å². The van der Waals surface area contributed by atoms with Crippen LogP contribution in [0.15, 0.2) is 130 Å². The molecule has 2 rings (SSSR count). The van der Waals surface area contributed by atoms with Crippen LogP contribution < -0.4 is 17.2 Å². The molecule has 6 N–H and O–H groups in total. The average Bonchev–Trinajstić information content (AvgIpc) is 3.20. The quantitative estimate of drug-likeness (QED) is 0.0545. The molecule has 0 heterocycles. The van der Waals surface area contributed by atoms with Gasteiger partial charge in [-0.15, -0.1) is 12.4 Å². The van der Waals surface area contributed by atoms with Crippen LogP contribution in [0, 0.1) is 10.8 Å². The third-order valence-electron chi connectivity index (χ3n) is 11.5. The fourth-order valence-electron chi connectivity index (χ4n) is 7.57. The highest BCUT2D eigenvalue weighted by Crippen LogP contribution is 2.42. The van der Waals surface area contributed by atoms with E-state index in [4.69, 9.17) is 26.7 Å². The molecule has 0 spiro atoms. The number of unbranched alkanes of at least 4 members (excludes halogenated alkanes) is 3. The summed E-state index contributed by atoms with van der Waals surface area (Å²) in [5.41, 5.74) is 24.2. The van der Waals surface area contributed by atoms with Crippen LogP contribution in [0.1, 0.15) is 134 Å². The van der Waals surface area contributed by atoms with Crippen LogP contribution in [-0.2, 0) is 28.7 Å². The van der Waals surface area contributed by atoms with Crippen LogP contribution in [0.25, 0.3) is 0 Å². The lowest BCUT2D eigenvalue weighted by molar-refractivity contribution is -0.157. The first kappa shape index (κ1) is 56.6. The van der Waals surface area contributed by atoms with Crippen molar-refractivity contribution < 1.29 is 28.7 Å². The smallest absolute Gasteiger partial charge is 0.323 e. The van der Waals surface area contributed by atoms with Crippen molar-refractivity contribution in [3.8, 4) is 0 Å². The fraction of sp³-hybridized carbons (Fsp3) is 0.509. The Morgan fingerprint density at radius 1 is 0.619 bits per heavy atom. The molecule has 0 aromatic carbocycles. The van der Waals surface area contributed by atoms with E-state index in [1.54, 1.807) is 6.92 Å². The van der Waals surface area contributed by atoms with Gasteiger partial charge in [0.2, 0.25) is 0 Å². The first-order valence-electron chi connectivity index (χ1n) is 22.4. The van der Waals surface area contributed by atoms with E-state index in [0.717, 1.165) is 65.5 Å². The maximum absolute atomic E-state index is 13.2. The van der Waals surface area contributed by atoms with Gasteiger partial charge in [-0.3, -0.25) is 19.2 Å². The Kier molecular flexibility index (Phi) is 24.9. The number of ketones is 2. The maximum Gasteiger partial charge on any atom is 0.323 e. The SMILES string of the molecule is CCCCCC(N)C(=O)OC1CC(C)(C)C(/C=C/C(C)=C/C=C/C(C)=C/C=C/C=C(C)/C=C/C=C(C)/C=C/C2=C(C)C(=O)C(OC(=O)C(N)CCCCN)CC2(C)C)=C(C)C1=O.Cl. The number of hydrogen-bond donors (Lipinski definition) is 3. The van der Waals surface area contributed by atoms with Crippen molar-refractivity contribution in [3.05, 3.63) is 130 Å². The van der Waals surface area contributed by atoms with Crippen molar-refractivity contribution in [2.45, 2.75) is 158 Å². The molecule has 0 amide bonds. The highest BCUT2D eigenvalue weighted by atomic mass is 35.5. The summed E-state index contributed by atoms with van der Waals surface area (Å²) in [7, 11) is 0. The van der Waals surface area contributed by atoms with Gasteiger partial charge in [0.15, 0.2) is 23.8 Å². The Morgan fingerprint density at radius 2 is 0.968 bits per heavy atom. The standard InChI is InChI=1S/C53H77N3O6.ClH/c1-12-13-14-27-44(55)50(59)61-46-34-52(8,9)42(40(6)48(46)57)31-29-38(4)25-19-23-36(2)21-15-16-22-37(3)24-20-26-39(5)30-32-43-41(7)49(58)47(35-53(43,10)11)62-51(60)45(56)28-17-18-33-54;/h15-16,19-26,29-32,44-47H,12-14,17-18,27-28,33-35,54-56H2,1-11H3;1H/b16-15+,23-19+,24-20+,31-29+,32-30+,36-21+,37-22+,38-25+,39-26+;. The van der Waals surface area contributed by atoms with Crippen LogP contribution in [-0.4, -0.2) is 54.3 Å². The molecule has 0 fully saturated rings. The number of carbonyl (C=O) groups excluding carboxylic acids is 4. The summed E-state index contributed by atoms with van der Waals surface area (Å²) in [5, 5.41) is 0. The third kappa shape index (κ3) is 19.1. The van der Waals surface area contributed by atoms with Gasteiger partial charge >= 0.3 is 11.9 Å². The molecule has 0 aromatic heterocycles. The van der Waals surface area contributed by atoms with Gasteiger partial charge in [-0.25, -0.2) is 0 Å². The monoisotopic (exact) mass is 888 g/mol. The minimum atomic E-state index is -0.838. The van der Waals surface area contributed by atoms with E-state index < -0.39 is 36.2 Å². The van der Waals surface area contributed by atoms with E-state index in [2.05, 4.69) is 34.6 Å². The molecule has 0 aromatic rings. The summed E-state index contributed by atoms with van der Waals surface area (Å²) in [5.74, 6) is -1.37. The van der Waals surface area contributed by atoms with E-state index in [-0.39, 0.29) is 34.8 Å². The minimum absolute atomic E-state index is 0. The second kappa shape index (κ2) is 27.7. The number of halogens is 1. The second-order valence-electron chi connectivity index (χ2n) is 18.2. The zero-order valence-corrected chi connectivity index (χ0v) is 40.9. The third-order valence-corrected chi connectivity index (χ3v) is 11.5. The first-order valence-corrected chi connectivity index (χ1v) is 22.4. The topological polar surface area (TPSA) is 165 Å². The molecule has 4 unspecified atom stereocenters. The van der Waals surface area contributed by atoms with Crippen molar-refractivity contribution in [3.63, 3.8) is 0 Å². The summed E-state index contributed by atoms with van der Waals surface area (Å²) in [6.45, 7) is 22.6. The molecular formula is C53H78ClN3O6. The molecule has 10 heteroatoms. The van der Waals surface area contributed by atoms with Crippen molar-refractivity contribution in [1.82, 2.24) is 0 Å². The van der Waals surface area contributed by atoms with Crippen LogP contribution in [0.5, 0.6) is 0 Å². The van der Waals surface area contributed by atoms with Gasteiger partial charge in [-0.1, -0.05) is 168 Å². The van der Waals surface area contributed by atoms with E-state index in [0.29, 0.717) is 43.4 Å². The van der Waals surface area contributed by atoms with E-state index in [1.807, 2.05) is 120 Å². The zero-order valence-electron chi connectivity index (χ0n) is 40.1. The number of rotatable bonds is 22. The predicted octanol–water partition coefficient (Wildman–Crippen LogP) is 10.8. The molecule has 2 aliphatic carbocycles. The Labute approximate surface area is 385 Å². The van der Waals surface area contributed by atoms with Gasteiger partial charge in [-0.05, 0) is 100 Å². The van der Waals surface area contributed by atoms with E-state index in [9.17, 15) is 19.2 Å². The summed E-state index contributed by atoms with van der Waals surface area (Å²) in [6.07, 6.45) is 32.9. The van der Waals surface area contributed by atoms with Gasteiger partial charge in [0, 0.05) is 12.8 Å². The Balaban J connectivity index is 0.0000198. The minimum Gasteiger partial charge on any atom is -0.453 e. The molecule has 0 aliphatic heterocycles. The molecular weight excluding hydrogens is 810 g/mol. The molecule has 0 bridgehead atoms. The van der Waals surface area contributed by atoms with Crippen molar-refractivity contribution in [2.75, 3.05) is 6.54 Å². The lowest BCUT2D eigenvalue weighted by Gasteiger charge is -2.36. The maximum atomic E-state index is 13.2. The lowest BCUT2D eigenvalue weighted by Crippen LogP contribution is -2.42. The number of carbonyl (C=O) groups is 4. The molecule has 2 aliphatic rings. The van der Waals surface area contributed by atoms with Crippen molar-refractivity contribution in [1.29, 1.82) is 0 Å². The molecule has 4 atom stereocenters. The van der Waals surface area contributed by atoms with Crippen molar-refractivity contribution >= 4 is 35.9 Å². The number of esters is 2. The van der Waals surface area contributed by atoms with Gasteiger partial charge in [0.05, 0.1) is 0 Å². The Hall–Kier alpha value is -4.41. The average molecular weight is 889 g/mol. The lowest BCUT2D eigenvalue weighted by atomic mass is 9.71. The molecule has 348 valence electrons. The van der Waals surface area contributed by atoms with Crippen LogP contribution >= 0.6 is 12.4 Å². The number of hydrogen-bond acceptors (Lipinski definition) is 9. The second-order valence-corrected chi connectivity index (χ2v) is 18.2. The fourth-order valence-corrected chi connectivity index (χ4v) is 7.57. The molecule has 0 radical (unpaired) electrons. The number of Topliss-reactive ketones (excluding diaryl/α,β-unsaturated/α-hetero) is 2. The van der Waals surface area contributed by atoms with E-state index in [1.165, 1.54) is 0 Å². The summed E-state index contributed by atoms with van der Waals surface area (Å²) in [4.78, 5) is 51.7. The molecule has 0 saturated carbocycles. The van der Waals surface area contributed by atoms with E-state index >= 15 is 0 Å². The van der Waals surface area contributed by atoms with Gasteiger partial charge in [-0.2, -0.15) is 0 Å². The Morgan fingerprint density at radius 3 is 1.33 bits per heavy atom. The van der Waals surface area contributed by atoms with Gasteiger partial charge in [0.1, 0.15) is 12.1 Å². The molecule has 63 heavy (non-hydrogen) atoms. The van der Waals surface area contributed by atoms with Crippen molar-refractivity contribution in [2.24, 2.45) is 28.0 Å². The number of allylic oxidation sites excluding steroid dienone is 20. The first-order chi connectivity index (χ1) is 29.1. The summed E-state index contributed by atoms with van der Waals surface area (Å²) >= 11 is 0. The van der Waals surface area contributed by atoms with Crippen LogP contribution in [0.4, 0.5) is 0 Å². The normalized spacial score (nSPS) is 21.4. The molecule has 9 nitrogen and oxygen atoms in total. The van der Waals surface area contributed by atoms with Crippen LogP contribution in [0.2, 0.25) is 0 Å². The van der Waals surface area contributed by atoms with Crippen LogP contribution in [0.3, 0.4) is 0 Å². The molecule has 0 saturated heterocycles. The highest BCUT2D eigenvalue weighted by molar-refractivity contribution is 6.02.